The van der Waals surface area contributed by atoms with Crippen molar-refractivity contribution >= 4 is 29.0 Å². The van der Waals surface area contributed by atoms with Crippen LogP contribution >= 0.6 is 0 Å². The fourth-order valence-corrected chi connectivity index (χ4v) is 2.84. The Morgan fingerprint density at radius 3 is 2.41 bits per heavy atom. The highest BCUT2D eigenvalue weighted by Crippen LogP contribution is 2.37. The molecule has 27 heavy (non-hydrogen) atoms. The van der Waals surface area contributed by atoms with E-state index in [9.17, 15) is 9.59 Å². The molecule has 1 heterocycles. The van der Waals surface area contributed by atoms with Crippen LogP contribution in [-0.4, -0.2) is 32.7 Å². The van der Waals surface area contributed by atoms with Crippen LogP contribution in [0.3, 0.4) is 0 Å². The Bertz CT molecular complexity index is 862. The van der Waals surface area contributed by atoms with Crippen LogP contribution in [0.15, 0.2) is 42.5 Å². The Labute approximate surface area is 158 Å². The number of urea groups is 1. The number of ether oxygens (including phenoxy) is 2. The number of carbonyl (C=O) groups excluding carboxylic acids is 2. The Morgan fingerprint density at radius 2 is 1.74 bits per heavy atom. The summed E-state index contributed by atoms with van der Waals surface area (Å²) in [6.45, 7) is 3.96. The predicted octanol–water partition coefficient (Wildman–Crippen LogP) is 3.72. The number of rotatable bonds is 3. The molecule has 3 rings (SSSR count). The minimum Gasteiger partial charge on any atom is -0.497 e. The average Bonchev–Trinajstić information content (AvgIpc) is 2.73. The molecule has 2 aromatic rings. The third kappa shape index (κ3) is 3.97. The van der Waals surface area contributed by atoms with Gasteiger partial charge >= 0.3 is 6.03 Å². The predicted molar refractivity (Wildman–Crippen MR) is 105 cm³/mol. The lowest BCUT2D eigenvalue weighted by molar-refractivity contribution is -0.127. The van der Waals surface area contributed by atoms with E-state index in [0.717, 1.165) is 0 Å². The van der Waals surface area contributed by atoms with Gasteiger partial charge < -0.3 is 25.0 Å². The van der Waals surface area contributed by atoms with Crippen LogP contribution in [0.1, 0.15) is 13.8 Å². The molecule has 0 radical (unpaired) electrons. The van der Waals surface area contributed by atoms with Crippen LogP contribution in [-0.2, 0) is 4.79 Å². The monoisotopic (exact) mass is 369 g/mol. The third-order valence-electron chi connectivity index (χ3n) is 4.40. The number of nitrogens with zero attached hydrogens (tertiary/aromatic N) is 1. The average molecular weight is 369 g/mol. The fraction of sp³-hybridized carbons (Fsp3) is 0.300. The lowest BCUT2D eigenvalue weighted by atomic mass is 9.93. The molecule has 7 nitrogen and oxygen atoms in total. The van der Waals surface area contributed by atoms with Gasteiger partial charge in [-0.2, -0.15) is 0 Å². The van der Waals surface area contributed by atoms with Gasteiger partial charge in [-0.05, 0) is 50.2 Å². The van der Waals surface area contributed by atoms with Gasteiger partial charge in [-0.1, -0.05) is 0 Å². The second-order valence-electron chi connectivity index (χ2n) is 7.03. The molecule has 0 saturated carbocycles. The van der Waals surface area contributed by atoms with Crippen molar-refractivity contribution in [2.24, 2.45) is 5.41 Å². The van der Waals surface area contributed by atoms with Crippen molar-refractivity contribution in [2.45, 2.75) is 13.8 Å². The molecule has 0 aromatic heterocycles. The number of carbonyl (C=O) groups is 2. The highest BCUT2D eigenvalue weighted by Gasteiger charge is 2.36. The number of methoxy groups -OCH3 is 1. The molecule has 7 heteroatoms. The summed E-state index contributed by atoms with van der Waals surface area (Å²) in [5, 5.41) is 5.52. The molecule has 0 bridgehead atoms. The van der Waals surface area contributed by atoms with Crippen molar-refractivity contribution in [1.29, 1.82) is 0 Å². The maximum Gasteiger partial charge on any atom is 0.323 e. The molecule has 0 spiro atoms. The van der Waals surface area contributed by atoms with E-state index in [1.165, 1.54) is 0 Å². The number of benzene rings is 2. The van der Waals surface area contributed by atoms with E-state index in [4.69, 9.17) is 9.47 Å². The first-order chi connectivity index (χ1) is 12.8. The highest BCUT2D eigenvalue weighted by atomic mass is 16.5. The molecule has 2 aromatic carbocycles. The number of hydrogen-bond donors (Lipinski definition) is 2. The van der Waals surface area contributed by atoms with Crippen molar-refractivity contribution in [1.82, 2.24) is 0 Å². The molecule has 3 amide bonds. The van der Waals surface area contributed by atoms with Gasteiger partial charge in [0.25, 0.3) is 0 Å². The second kappa shape index (κ2) is 7.19. The molecule has 2 N–H and O–H groups in total. The second-order valence-corrected chi connectivity index (χ2v) is 7.03. The first-order valence-electron chi connectivity index (χ1n) is 8.57. The van der Waals surface area contributed by atoms with Crippen LogP contribution in [0.2, 0.25) is 0 Å². The topological polar surface area (TPSA) is 79.9 Å². The van der Waals surface area contributed by atoms with Gasteiger partial charge in [0.1, 0.15) is 18.1 Å². The first-order valence-corrected chi connectivity index (χ1v) is 8.57. The van der Waals surface area contributed by atoms with E-state index in [-0.39, 0.29) is 18.5 Å². The van der Waals surface area contributed by atoms with Crippen molar-refractivity contribution < 1.29 is 19.1 Å². The van der Waals surface area contributed by atoms with Crippen LogP contribution < -0.4 is 25.0 Å². The quantitative estimate of drug-likeness (QED) is 0.864. The zero-order valence-corrected chi connectivity index (χ0v) is 15.8. The minimum atomic E-state index is -0.618. The summed E-state index contributed by atoms with van der Waals surface area (Å²) < 4.78 is 10.9. The van der Waals surface area contributed by atoms with Crippen LogP contribution in [0, 0.1) is 5.41 Å². The molecular weight excluding hydrogens is 346 g/mol. The summed E-state index contributed by atoms with van der Waals surface area (Å²) in [6.07, 6.45) is 0. The standard InChI is InChI=1S/C20H23N3O4/c1-20(2)12-27-17-11-14(7-10-16(17)23(3)18(20)24)22-19(25)21-13-5-8-15(26-4)9-6-13/h5-11H,12H2,1-4H3,(H2,21,22,25). The highest BCUT2D eigenvalue weighted by molar-refractivity contribution is 6.01. The molecular formula is C20H23N3O4. The Hall–Kier alpha value is -3.22. The van der Waals surface area contributed by atoms with Gasteiger partial charge in [0, 0.05) is 24.5 Å². The van der Waals surface area contributed by atoms with Crippen molar-refractivity contribution in [3.8, 4) is 11.5 Å². The third-order valence-corrected chi connectivity index (χ3v) is 4.40. The van der Waals surface area contributed by atoms with Gasteiger partial charge in [-0.25, -0.2) is 4.79 Å². The zero-order valence-electron chi connectivity index (χ0n) is 15.8. The smallest absolute Gasteiger partial charge is 0.323 e. The number of nitrogens with one attached hydrogen (secondary N) is 2. The van der Waals surface area contributed by atoms with E-state index >= 15 is 0 Å². The summed E-state index contributed by atoms with van der Waals surface area (Å²) >= 11 is 0. The SMILES string of the molecule is COc1ccc(NC(=O)Nc2ccc3c(c2)OCC(C)(C)C(=O)N3C)cc1. The maximum atomic E-state index is 12.5. The number of hydrogen-bond acceptors (Lipinski definition) is 4. The maximum absolute atomic E-state index is 12.5. The van der Waals surface area contributed by atoms with Crippen molar-refractivity contribution in [2.75, 3.05) is 36.3 Å². The van der Waals surface area contributed by atoms with E-state index in [0.29, 0.717) is 28.6 Å². The summed E-state index contributed by atoms with van der Waals surface area (Å²) in [5.74, 6) is 1.25. The molecule has 0 aliphatic carbocycles. The Balaban J connectivity index is 1.72. The van der Waals surface area contributed by atoms with Gasteiger partial charge in [0.2, 0.25) is 5.91 Å². The lowest BCUT2D eigenvalue weighted by Crippen LogP contribution is -2.39. The van der Waals surface area contributed by atoms with E-state index in [1.807, 2.05) is 13.8 Å². The van der Waals surface area contributed by atoms with Crippen LogP contribution in [0.5, 0.6) is 11.5 Å². The van der Waals surface area contributed by atoms with E-state index in [1.54, 1.807) is 61.5 Å². The number of fused-ring (bicyclic) bond motifs is 1. The van der Waals surface area contributed by atoms with E-state index in [2.05, 4.69) is 10.6 Å². The van der Waals surface area contributed by atoms with Crippen LogP contribution in [0.4, 0.5) is 21.9 Å². The van der Waals surface area contributed by atoms with Gasteiger partial charge in [-0.3, -0.25) is 4.79 Å². The van der Waals surface area contributed by atoms with Gasteiger partial charge in [0.15, 0.2) is 0 Å². The molecule has 0 unspecified atom stereocenters. The fourth-order valence-electron chi connectivity index (χ4n) is 2.84. The van der Waals surface area contributed by atoms with E-state index < -0.39 is 5.41 Å². The largest absolute Gasteiger partial charge is 0.497 e. The Kier molecular flexibility index (Phi) is 4.94. The summed E-state index contributed by atoms with van der Waals surface area (Å²) in [5.41, 5.74) is 1.27. The molecule has 0 fully saturated rings. The summed E-state index contributed by atoms with van der Waals surface area (Å²) in [6, 6.07) is 11.9. The van der Waals surface area contributed by atoms with Crippen LogP contribution in [0.25, 0.3) is 0 Å². The summed E-state index contributed by atoms with van der Waals surface area (Å²) in [4.78, 5) is 26.3. The van der Waals surface area contributed by atoms with Gasteiger partial charge in [-0.15, -0.1) is 0 Å². The first kappa shape index (κ1) is 18.6. The minimum absolute atomic E-state index is 0.0146. The molecule has 142 valence electrons. The summed E-state index contributed by atoms with van der Waals surface area (Å²) in [7, 11) is 3.31. The molecule has 0 saturated heterocycles. The van der Waals surface area contributed by atoms with Gasteiger partial charge in [0.05, 0.1) is 18.2 Å². The molecule has 1 aliphatic rings. The zero-order chi connectivity index (χ0) is 19.6. The van der Waals surface area contributed by atoms with Crippen molar-refractivity contribution in [3.05, 3.63) is 42.5 Å². The molecule has 1 aliphatic heterocycles. The van der Waals surface area contributed by atoms with Crippen molar-refractivity contribution in [3.63, 3.8) is 0 Å². The molecule has 0 atom stereocenters. The number of anilines is 3. The number of amides is 3. The normalized spacial score (nSPS) is 15.3. The Morgan fingerprint density at radius 1 is 1.11 bits per heavy atom. The lowest BCUT2D eigenvalue weighted by Gasteiger charge is -2.24.